The summed E-state index contributed by atoms with van der Waals surface area (Å²) < 4.78 is 3.46. The van der Waals surface area contributed by atoms with Gasteiger partial charge in [0.1, 0.15) is 12.4 Å². The van der Waals surface area contributed by atoms with Crippen LogP contribution in [0.25, 0.3) is 5.69 Å². The number of fused-ring (bicyclic) bond motifs is 1. The van der Waals surface area contributed by atoms with Gasteiger partial charge in [0.15, 0.2) is 0 Å². The van der Waals surface area contributed by atoms with Gasteiger partial charge in [-0.1, -0.05) is 23.4 Å². The first kappa shape index (κ1) is 15.3. The Kier molecular flexibility index (Phi) is 3.58. The van der Waals surface area contributed by atoms with Crippen LogP contribution in [0.1, 0.15) is 42.1 Å². The summed E-state index contributed by atoms with van der Waals surface area (Å²) >= 11 is 0. The van der Waals surface area contributed by atoms with Gasteiger partial charge in [0.25, 0.3) is 0 Å². The van der Waals surface area contributed by atoms with Gasteiger partial charge in [-0.25, -0.2) is 9.36 Å². The van der Waals surface area contributed by atoms with Crippen molar-refractivity contribution < 1.29 is 4.79 Å². The van der Waals surface area contributed by atoms with Gasteiger partial charge >= 0.3 is 0 Å². The Morgan fingerprint density at radius 1 is 1.19 bits per heavy atom. The highest BCUT2D eigenvalue weighted by Gasteiger charge is 2.27. The molecule has 7 nitrogen and oxygen atoms in total. The van der Waals surface area contributed by atoms with Crippen LogP contribution in [0.15, 0.2) is 36.5 Å². The standard InChI is InChI=1S/C19H20N6O/c26-18(12-24-11-17(21-23-24)13-9-10-13)20-19-15-7-4-8-16(15)22-25(19)14-5-2-1-3-6-14/h1-3,5-6,11,13H,4,7-10,12H2,(H,20,26). The molecule has 1 aromatic carbocycles. The topological polar surface area (TPSA) is 77.6 Å². The summed E-state index contributed by atoms with van der Waals surface area (Å²) in [5.41, 5.74) is 4.18. The number of carbonyl (C=O) groups is 1. The molecule has 0 radical (unpaired) electrons. The first-order valence-electron chi connectivity index (χ1n) is 9.14. The molecule has 2 aliphatic rings. The highest BCUT2D eigenvalue weighted by atomic mass is 16.2. The Bertz CT molecular complexity index is 954. The molecular formula is C19H20N6O. The van der Waals surface area contributed by atoms with E-state index in [1.165, 1.54) is 12.8 Å². The monoisotopic (exact) mass is 348 g/mol. The maximum absolute atomic E-state index is 12.6. The lowest BCUT2D eigenvalue weighted by atomic mass is 10.2. The lowest BCUT2D eigenvalue weighted by molar-refractivity contribution is -0.117. The molecule has 0 atom stereocenters. The van der Waals surface area contributed by atoms with E-state index in [4.69, 9.17) is 5.10 Å². The molecule has 0 aliphatic heterocycles. The maximum atomic E-state index is 12.6. The zero-order chi connectivity index (χ0) is 17.5. The summed E-state index contributed by atoms with van der Waals surface area (Å²) in [6, 6.07) is 9.92. The number of carbonyl (C=O) groups excluding carboxylic acids is 1. The van der Waals surface area contributed by atoms with Crippen molar-refractivity contribution in [3.8, 4) is 5.69 Å². The van der Waals surface area contributed by atoms with E-state index in [0.717, 1.165) is 47.7 Å². The number of amides is 1. The Balaban J connectivity index is 1.39. The molecule has 1 N–H and O–H groups in total. The van der Waals surface area contributed by atoms with Gasteiger partial charge in [-0.15, -0.1) is 5.10 Å². The average Bonchev–Trinajstić information content (AvgIpc) is 3.08. The minimum atomic E-state index is -0.107. The van der Waals surface area contributed by atoms with Crippen LogP contribution in [-0.2, 0) is 24.2 Å². The van der Waals surface area contributed by atoms with Crippen molar-refractivity contribution >= 4 is 11.7 Å². The largest absolute Gasteiger partial charge is 0.309 e. The van der Waals surface area contributed by atoms with Crippen LogP contribution in [-0.4, -0.2) is 30.7 Å². The molecule has 26 heavy (non-hydrogen) atoms. The van der Waals surface area contributed by atoms with Crippen molar-refractivity contribution in [2.45, 2.75) is 44.6 Å². The van der Waals surface area contributed by atoms with Gasteiger partial charge in [-0.05, 0) is 44.2 Å². The van der Waals surface area contributed by atoms with E-state index < -0.39 is 0 Å². The molecular weight excluding hydrogens is 328 g/mol. The van der Waals surface area contributed by atoms with Gasteiger partial charge in [0.05, 0.1) is 17.1 Å². The summed E-state index contributed by atoms with van der Waals surface area (Å²) in [6.45, 7) is 0.161. The van der Waals surface area contributed by atoms with Crippen LogP contribution >= 0.6 is 0 Å². The number of aromatic nitrogens is 5. The van der Waals surface area contributed by atoms with E-state index in [0.29, 0.717) is 5.92 Å². The summed E-state index contributed by atoms with van der Waals surface area (Å²) in [5, 5.41) is 16.0. The van der Waals surface area contributed by atoms with Crippen molar-refractivity contribution in [3.63, 3.8) is 0 Å². The lowest BCUT2D eigenvalue weighted by Gasteiger charge is -2.11. The third-order valence-corrected chi connectivity index (χ3v) is 5.02. The third-order valence-electron chi connectivity index (χ3n) is 5.02. The Hall–Kier alpha value is -2.96. The minimum absolute atomic E-state index is 0.107. The number of hydrogen-bond acceptors (Lipinski definition) is 4. The van der Waals surface area contributed by atoms with E-state index in [2.05, 4.69) is 15.6 Å². The van der Waals surface area contributed by atoms with E-state index in [-0.39, 0.29) is 12.5 Å². The molecule has 1 saturated carbocycles. The summed E-state index contributed by atoms with van der Waals surface area (Å²) in [4.78, 5) is 12.6. The van der Waals surface area contributed by atoms with Gasteiger partial charge in [0, 0.05) is 17.7 Å². The van der Waals surface area contributed by atoms with Crippen LogP contribution in [0.2, 0.25) is 0 Å². The minimum Gasteiger partial charge on any atom is -0.309 e. The number of aryl methyl sites for hydroxylation is 1. The molecule has 5 rings (SSSR count). The number of benzene rings is 1. The lowest BCUT2D eigenvalue weighted by Crippen LogP contribution is -2.21. The molecule has 2 aliphatic carbocycles. The van der Waals surface area contributed by atoms with E-state index in [1.807, 2.05) is 41.2 Å². The molecule has 1 fully saturated rings. The molecule has 0 saturated heterocycles. The quantitative estimate of drug-likeness (QED) is 0.768. The Morgan fingerprint density at radius 2 is 2.04 bits per heavy atom. The number of nitrogens with one attached hydrogen (secondary N) is 1. The molecule has 2 heterocycles. The van der Waals surface area contributed by atoms with Crippen LogP contribution in [0.5, 0.6) is 0 Å². The Morgan fingerprint density at radius 3 is 2.85 bits per heavy atom. The predicted octanol–water partition coefficient (Wildman–Crippen LogP) is 2.47. The van der Waals surface area contributed by atoms with E-state index in [1.54, 1.807) is 4.68 Å². The van der Waals surface area contributed by atoms with Gasteiger partial charge in [-0.2, -0.15) is 5.10 Å². The second-order valence-electron chi connectivity index (χ2n) is 7.04. The van der Waals surface area contributed by atoms with Crippen LogP contribution < -0.4 is 5.32 Å². The molecule has 3 aromatic rings. The first-order chi connectivity index (χ1) is 12.8. The van der Waals surface area contributed by atoms with Crippen molar-refractivity contribution in [1.82, 2.24) is 24.8 Å². The highest BCUT2D eigenvalue weighted by molar-refractivity contribution is 5.91. The molecule has 1 amide bonds. The highest BCUT2D eigenvalue weighted by Crippen LogP contribution is 2.38. The van der Waals surface area contributed by atoms with E-state index >= 15 is 0 Å². The van der Waals surface area contributed by atoms with Crippen molar-refractivity contribution in [2.24, 2.45) is 0 Å². The number of hydrogen-bond donors (Lipinski definition) is 1. The number of nitrogens with zero attached hydrogens (tertiary/aromatic N) is 5. The molecule has 7 heteroatoms. The second-order valence-corrected chi connectivity index (χ2v) is 7.04. The Labute approximate surface area is 151 Å². The smallest absolute Gasteiger partial charge is 0.247 e. The molecule has 0 bridgehead atoms. The van der Waals surface area contributed by atoms with Crippen LogP contribution in [0.4, 0.5) is 5.82 Å². The maximum Gasteiger partial charge on any atom is 0.247 e. The SMILES string of the molecule is O=C(Cn1cc(C2CC2)nn1)Nc1c2c(nn1-c1ccccc1)CCC2. The second kappa shape index (κ2) is 6.09. The predicted molar refractivity (Wildman–Crippen MR) is 96.2 cm³/mol. The fourth-order valence-electron chi connectivity index (χ4n) is 3.55. The zero-order valence-corrected chi connectivity index (χ0v) is 14.4. The summed E-state index contributed by atoms with van der Waals surface area (Å²) in [5.74, 6) is 1.22. The van der Waals surface area contributed by atoms with Crippen LogP contribution in [0.3, 0.4) is 0 Å². The molecule has 0 spiro atoms. The summed E-state index contributed by atoms with van der Waals surface area (Å²) in [7, 11) is 0. The first-order valence-corrected chi connectivity index (χ1v) is 9.14. The van der Waals surface area contributed by atoms with Gasteiger partial charge in [0.2, 0.25) is 5.91 Å². The van der Waals surface area contributed by atoms with Crippen molar-refractivity contribution in [2.75, 3.05) is 5.32 Å². The number of rotatable bonds is 5. The van der Waals surface area contributed by atoms with Crippen LogP contribution in [0, 0.1) is 0 Å². The van der Waals surface area contributed by atoms with Crippen molar-refractivity contribution in [1.29, 1.82) is 0 Å². The zero-order valence-electron chi connectivity index (χ0n) is 14.4. The van der Waals surface area contributed by atoms with Crippen molar-refractivity contribution in [3.05, 3.63) is 53.5 Å². The average molecular weight is 348 g/mol. The van der Waals surface area contributed by atoms with E-state index in [9.17, 15) is 4.79 Å². The number of anilines is 1. The normalized spacial score (nSPS) is 15.8. The summed E-state index contributed by atoms with van der Waals surface area (Å²) in [6.07, 6.45) is 7.24. The van der Waals surface area contributed by atoms with Gasteiger partial charge < -0.3 is 5.32 Å². The number of para-hydroxylation sites is 1. The molecule has 2 aromatic heterocycles. The third kappa shape index (κ3) is 2.79. The van der Waals surface area contributed by atoms with Gasteiger partial charge in [-0.3, -0.25) is 4.79 Å². The fourth-order valence-corrected chi connectivity index (χ4v) is 3.55. The molecule has 132 valence electrons. The molecule has 0 unspecified atom stereocenters. The fraction of sp³-hybridized carbons (Fsp3) is 0.368.